The zero-order valence-corrected chi connectivity index (χ0v) is 11.4. The fourth-order valence-electron chi connectivity index (χ4n) is 1.75. The second-order valence-electron chi connectivity index (χ2n) is 4.68. The fourth-order valence-corrected chi connectivity index (χ4v) is 1.75. The van der Waals surface area contributed by atoms with Gasteiger partial charge >= 0.3 is 12.1 Å². The Kier molecular flexibility index (Phi) is 5.59. The van der Waals surface area contributed by atoms with Crippen LogP contribution in [0.2, 0.25) is 0 Å². The highest BCUT2D eigenvalue weighted by molar-refractivity contribution is 5.69. The van der Waals surface area contributed by atoms with Crippen LogP contribution in [-0.2, 0) is 11.0 Å². The van der Waals surface area contributed by atoms with E-state index in [9.17, 15) is 18.0 Å². The quantitative estimate of drug-likeness (QED) is 0.789. The number of nitrogens with one attached hydrogen (secondary N) is 1. The molecule has 1 aromatic carbocycles. The molecule has 0 saturated carbocycles. The van der Waals surface area contributed by atoms with Gasteiger partial charge in [-0.3, -0.25) is 4.79 Å². The van der Waals surface area contributed by atoms with Crippen molar-refractivity contribution in [2.75, 3.05) is 11.9 Å². The summed E-state index contributed by atoms with van der Waals surface area (Å²) in [6, 6.07) is 4.91. The van der Waals surface area contributed by atoms with Crippen LogP contribution in [-0.4, -0.2) is 17.6 Å². The molecule has 114 valence electrons. The van der Waals surface area contributed by atoms with E-state index in [1.807, 2.05) is 0 Å². The average molecular weight is 300 g/mol. The van der Waals surface area contributed by atoms with E-state index in [4.69, 9.17) is 10.4 Å². The van der Waals surface area contributed by atoms with Gasteiger partial charge in [-0.25, -0.2) is 0 Å². The molecule has 7 heteroatoms. The smallest absolute Gasteiger partial charge is 0.417 e. The highest BCUT2D eigenvalue weighted by Gasteiger charge is 2.33. The maximum atomic E-state index is 12.8. The molecule has 0 fully saturated rings. The van der Waals surface area contributed by atoms with E-state index in [0.29, 0.717) is 19.4 Å². The molecular weight excluding hydrogens is 285 g/mol. The normalized spacial score (nSPS) is 12.5. The summed E-state index contributed by atoms with van der Waals surface area (Å²) >= 11 is 0. The van der Waals surface area contributed by atoms with Gasteiger partial charge in [0.05, 0.1) is 23.1 Å². The highest BCUT2D eigenvalue weighted by Crippen LogP contribution is 2.33. The third-order valence-corrected chi connectivity index (χ3v) is 3.01. The lowest BCUT2D eigenvalue weighted by Crippen LogP contribution is -2.12. The van der Waals surface area contributed by atoms with Crippen molar-refractivity contribution in [1.29, 1.82) is 5.26 Å². The molecule has 1 aromatic rings. The van der Waals surface area contributed by atoms with E-state index in [0.717, 1.165) is 12.1 Å². The molecule has 0 aliphatic heterocycles. The zero-order valence-electron chi connectivity index (χ0n) is 11.4. The van der Waals surface area contributed by atoms with Crippen LogP contribution in [0.15, 0.2) is 18.2 Å². The number of hydrogen-bond donors (Lipinski definition) is 2. The van der Waals surface area contributed by atoms with Gasteiger partial charge in [0.25, 0.3) is 0 Å². The van der Waals surface area contributed by atoms with E-state index in [-0.39, 0.29) is 5.69 Å². The first-order chi connectivity index (χ1) is 9.75. The number of benzene rings is 1. The summed E-state index contributed by atoms with van der Waals surface area (Å²) in [5.74, 6) is -1.38. The molecule has 0 spiro atoms. The summed E-state index contributed by atoms with van der Waals surface area (Å²) in [4.78, 5) is 10.6. The number of hydrogen-bond acceptors (Lipinski definition) is 3. The SMILES string of the molecule is CC(CCCNc1ccc(C#N)c(C(F)(F)F)c1)C(=O)O. The van der Waals surface area contributed by atoms with Gasteiger partial charge < -0.3 is 10.4 Å². The van der Waals surface area contributed by atoms with Crippen LogP contribution in [0, 0.1) is 17.2 Å². The number of nitriles is 1. The molecule has 0 radical (unpaired) electrons. The number of anilines is 1. The predicted molar refractivity (Wildman–Crippen MR) is 70.7 cm³/mol. The van der Waals surface area contributed by atoms with Gasteiger partial charge in [-0.15, -0.1) is 0 Å². The van der Waals surface area contributed by atoms with Gasteiger partial charge in [0.15, 0.2) is 0 Å². The van der Waals surface area contributed by atoms with Crippen LogP contribution in [0.1, 0.15) is 30.9 Å². The number of aliphatic carboxylic acids is 1. The first-order valence-electron chi connectivity index (χ1n) is 6.33. The third-order valence-electron chi connectivity index (χ3n) is 3.01. The molecule has 0 saturated heterocycles. The van der Waals surface area contributed by atoms with E-state index in [1.54, 1.807) is 6.92 Å². The lowest BCUT2D eigenvalue weighted by molar-refractivity contribution is -0.141. The Hall–Kier alpha value is -2.23. The third kappa shape index (κ3) is 4.99. The van der Waals surface area contributed by atoms with Gasteiger partial charge in [0.1, 0.15) is 0 Å². The summed E-state index contributed by atoms with van der Waals surface area (Å²) in [6.07, 6.45) is -3.62. The Bertz CT molecular complexity index is 550. The second-order valence-corrected chi connectivity index (χ2v) is 4.68. The lowest BCUT2D eigenvalue weighted by atomic mass is 10.1. The zero-order chi connectivity index (χ0) is 16.0. The standard InChI is InChI=1S/C14H15F3N2O2/c1-9(13(20)21)3-2-6-19-11-5-4-10(8-18)12(7-11)14(15,16)17/h4-5,7,9,19H,2-3,6H2,1H3,(H,20,21). The molecular formula is C14H15F3N2O2. The monoisotopic (exact) mass is 300 g/mol. The number of halogens is 3. The topological polar surface area (TPSA) is 73.1 Å². The number of alkyl halides is 3. The summed E-state index contributed by atoms with van der Waals surface area (Å²) in [7, 11) is 0. The molecule has 0 amide bonds. The van der Waals surface area contributed by atoms with Gasteiger partial charge in [0, 0.05) is 12.2 Å². The van der Waals surface area contributed by atoms with Crippen molar-refractivity contribution < 1.29 is 23.1 Å². The Morgan fingerprint density at radius 1 is 1.48 bits per heavy atom. The maximum absolute atomic E-state index is 12.8. The number of carboxylic acid groups (broad SMARTS) is 1. The number of carboxylic acids is 1. The molecule has 4 nitrogen and oxygen atoms in total. The van der Waals surface area contributed by atoms with Gasteiger partial charge in [-0.2, -0.15) is 18.4 Å². The van der Waals surface area contributed by atoms with Crippen LogP contribution >= 0.6 is 0 Å². The minimum atomic E-state index is -4.58. The molecule has 21 heavy (non-hydrogen) atoms. The highest BCUT2D eigenvalue weighted by atomic mass is 19.4. The van der Waals surface area contributed by atoms with Crippen LogP contribution in [0.5, 0.6) is 0 Å². The Morgan fingerprint density at radius 2 is 2.14 bits per heavy atom. The van der Waals surface area contributed by atoms with Crippen molar-refractivity contribution in [3.63, 3.8) is 0 Å². The minimum absolute atomic E-state index is 0.254. The first kappa shape index (κ1) is 16.8. The summed E-state index contributed by atoms with van der Waals surface area (Å²) in [5, 5.41) is 20.2. The largest absolute Gasteiger partial charge is 0.481 e. The molecule has 0 aliphatic carbocycles. The Balaban J connectivity index is 2.65. The molecule has 1 atom stereocenters. The van der Waals surface area contributed by atoms with E-state index >= 15 is 0 Å². The average Bonchev–Trinajstić information content (AvgIpc) is 2.42. The second kappa shape index (κ2) is 6.97. The lowest BCUT2D eigenvalue weighted by Gasteiger charge is -2.12. The summed E-state index contributed by atoms with van der Waals surface area (Å²) in [6.45, 7) is 1.94. The minimum Gasteiger partial charge on any atom is -0.481 e. The van der Waals surface area contributed by atoms with Crippen molar-refractivity contribution in [3.8, 4) is 6.07 Å². The molecule has 0 aromatic heterocycles. The molecule has 2 N–H and O–H groups in total. The molecule has 0 aliphatic rings. The van der Waals surface area contributed by atoms with Crippen LogP contribution < -0.4 is 5.32 Å². The molecule has 1 unspecified atom stereocenters. The first-order valence-corrected chi connectivity index (χ1v) is 6.33. The number of carbonyl (C=O) groups is 1. The van der Waals surface area contributed by atoms with Crippen molar-refractivity contribution in [1.82, 2.24) is 0 Å². The van der Waals surface area contributed by atoms with Gasteiger partial charge in [-0.1, -0.05) is 6.92 Å². The van der Waals surface area contributed by atoms with Crippen molar-refractivity contribution in [3.05, 3.63) is 29.3 Å². The Labute approximate surface area is 120 Å². The number of rotatable bonds is 6. The summed E-state index contributed by atoms with van der Waals surface area (Å²) in [5.41, 5.74) is -1.15. The van der Waals surface area contributed by atoms with Crippen LogP contribution in [0.4, 0.5) is 18.9 Å². The molecule has 0 bridgehead atoms. The van der Waals surface area contributed by atoms with E-state index in [1.165, 1.54) is 12.1 Å². The predicted octanol–water partition coefficient (Wildman–Crippen LogP) is 3.49. The van der Waals surface area contributed by atoms with E-state index < -0.39 is 29.2 Å². The fraction of sp³-hybridized carbons (Fsp3) is 0.429. The Morgan fingerprint density at radius 3 is 2.67 bits per heavy atom. The molecule has 1 rings (SSSR count). The van der Waals surface area contributed by atoms with Gasteiger partial charge in [-0.05, 0) is 31.0 Å². The summed E-state index contributed by atoms with van der Waals surface area (Å²) < 4.78 is 38.3. The number of nitrogens with zero attached hydrogens (tertiary/aromatic N) is 1. The van der Waals surface area contributed by atoms with Crippen molar-refractivity contribution in [2.24, 2.45) is 5.92 Å². The van der Waals surface area contributed by atoms with Crippen LogP contribution in [0.25, 0.3) is 0 Å². The van der Waals surface area contributed by atoms with Crippen LogP contribution in [0.3, 0.4) is 0 Å². The van der Waals surface area contributed by atoms with Gasteiger partial charge in [0.2, 0.25) is 0 Å². The maximum Gasteiger partial charge on any atom is 0.417 e. The van der Waals surface area contributed by atoms with E-state index in [2.05, 4.69) is 5.32 Å². The van der Waals surface area contributed by atoms with Crippen molar-refractivity contribution >= 4 is 11.7 Å². The van der Waals surface area contributed by atoms with Crippen molar-refractivity contribution in [2.45, 2.75) is 25.9 Å². The molecule has 0 heterocycles.